The quantitative estimate of drug-likeness (QED) is 0.393. The monoisotopic (exact) mass is 322 g/mol. The minimum Gasteiger partial charge on any atom is -0.493 e. The van der Waals surface area contributed by atoms with Crippen molar-refractivity contribution in [2.45, 2.75) is 52.4 Å². The van der Waals surface area contributed by atoms with E-state index in [0.29, 0.717) is 12.8 Å². The first kappa shape index (κ1) is 18.6. The average Bonchev–Trinajstić information content (AvgIpc) is 2.47. The molecule has 0 spiro atoms. The van der Waals surface area contributed by atoms with E-state index in [-0.39, 0.29) is 24.7 Å². The van der Waals surface area contributed by atoms with Gasteiger partial charge in [0, 0.05) is 0 Å². The minimum absolute atomic E-state index is 0.193. The number of hydrogen-bond acceptors (Lipinski definition) is 2. The smallest absolute Gasteiger partial charge is 0.268 e. The van der Waals surface area contributed by atoms with Crippen LogP contribution in [0.4, 0.5) is 17.6 Å². The predicted molar refractivity (Wildman–Crippen MR) is 77.2 cm³/mol. The van der Waals surface area contributed by atoms with Crippen molar-refractivity contribution in [3.63, 3.8) is 0 Å². The van der Waals surface area contributed by atoms with E-state index in [1.807, 2.05) is 13.8 Å². The van der Waals surface area contributed by atoms with E-state index in [1.54, 1.807) is 0 Å². The lowest BCUT2D eigenvalue weighted by molar-refractivity contribution is 0.115. The molecular formula is C16H22F4O2. The second-order valence-corrected chi connectivity index (χ2v) is 4.89. The minimum atomic E-state index is -3.05. The lowest BCUT2D eigenvalue weighted by Crippen LogP contribution is -2.07. The van der Waals surface area contributed by atoms with E-state index in [1.165, 1.54) is 12.1 Å². The topological polar surface area (TPSA) is 18.5 Å². The summed E-state index contributed by atoms with van der Waals surface area (Å²) in [6, 6.07) is 2.56. The molecule has 0 aromatic heterocycles. The van der Waals surface area contributed by atoms with Crippen LogP contribution in [0.15, 0.2) is 12.1 Å². The van der Waals surface area contributed by atoms with Gasteiger partial charge in [-0.2, -0.15) is 0 Å². The summed E-state index contributed by atoms with van der Waals surface area (Å²) in [6.45, 7) is 4.28. The number of ether oxygens (including phenoxy) is 2. The van der Waals surface area contributed by atoms with Crippen molar-refractivity contribution in [3.05, 3.63) is 23.3 Å². The lowest BCUT2D eigenvalue weighted by Gasteiger charge is -2.18. The van der Waals surface area contributed by atoms with Gasteiger partial charge in [-0.25, -0.2) is 17.6 Å². The van der Waals surface area contributed by atoms with Gasteiger partial charge in [0.15, 0.2) is 0 Å². The number of hydrogen-bond donors (Lipinski definition) is 0. The highest BCUT2D eigenvalue weighted by Crippen LogP contribution is 2.42. The van der Waals surface area contributed by atoms with Crippen molar-refractivity contribution in [1.82, 2.24) is 0 Å². The molecular weight excluding hydrogens is 300 g/mol. The van der Waals surface area contributed by atoms with Crippen molar-refractivity contribution < 1.29 is 27.0 Å². The molecule has 0 aliphatic heterocycles. The maximum Gasteiger partial charge on any atom is 0.268 e. The molecule has 0 unspecified atom stereocenters. The van der Waals surface area contributed by atoms with Crippen molar-refractivity contribution >= 4 is 0 Å². The van der Waals surface area contributed by atoms with E-state index in [2.05, 4.69) is 0 Å². The molecule has 0 amide bonds. The molecule has 0 saturated carbocycles. The number of alkyl halides is 4. The van der Waals surface area contributed by atoms with Crippen LogP contribution in [-0.2, 0) is 0 Å². The van der Waals surface area contributed by atoms with E-state index < -0.39 is 24.0 Å². The van der Waals surface area contributed by atoms with Crippen molar-refractivity contribution in [2.75, 3.05) is 13.2 Å². The molecule has 0 bridgehead atoms. The van der Waals surface area contributed by atoms with Crippen LogP contribution in [0.25, 0.3) is 0 Å². The Morgan fingerprint density at radius 3 is 1.41 bits per heavy atom. The Bertz CT molecular complexity index is 409. The summed E-state index contributed by atoms with van der Waals surface area (Å²) in [7, 11) is 0. The van der Waals surface area contributed by atoms with Crippen LogP contribution < -0.4 is 9.47 Å². The van der Waals surface area contributed by atoms with Gasteiger partial charge in [-0.1, -0.05) is 26.7 Å². The summed E-state index contributed by atoms with van der Waals surface area (Å²) in [5.74, 6) is -0.386. The molecule has 1 aromatic carbocycles. The highest BCUT2D eigenvalue weighted by atomic mass is 19.3. The number of benzene rings is 1. The molecule has 6 heteroatoms. The van der Waals surface area contributed by atoms with E-state index >= 15 is 0 Å². The summed E-state index contributed by atoms with van der Waals surface area (Å²) in [6.07, 6.45) is -3.11. The molecule has 2 nitrogen and oxygen atoms in total. The van der Waals surface area contributed by atoms with Crippen LogP contribution in [0.5, 0.6) is 11.5 Å². The second kappa shape index (κ2) is 9.54. The zero-order chi connectivity index (χ0) is 16.5. The van der Waals surface area contributed by atoms with Gasteiger partial charge in [0.2, 0.25) is 0 Å². The standard InChI is InChI=1S/C16H22F4O2/c1-3-5-9-21-11-7-8-12(22-10-6-4-2)14(16(19)20)13(11)15(17)18/h7-8,15-16H,3-6,9-10H2,1-2H3. The summed E-state index contributed by atoms with van der Waals surface area (Å²) in [4.78, 5) is 0. The first-order chi connectivity index (χ1) is 10.5. The fourth-order valence-corrected chi connectivity index (χ4v) is 1.95. The molecule has 0 radical (unpaired) electrons. The van der Waals surface area contributed by atoms with Crippen LogP contribution in [0.1, 0.15) is 63.5 Å². The third-order valence-corrected chi connectivity index (χ3v) is 3.15. The zero-order valence-corrected chi connectivity index (χ0v) is 12.9. The maximum atomic E-state index is 13.3. The van der Waals surface area contributed by atoms with Gasteiger partial charge in [-0.15, -0.1) is 0 Å². The highest BCUT2D eigenvalue weighted by Gasteiger charge is 2.28. The molecule has 0 atom stereocenters. The van der Waals surface area contributed by atoms with Gasteiger partial charge < -0.3 is 9.47 Å². The van der Waals surface area contributed by atoms with Gasteiger partial charge in [-0.05, 0) is 25.0 Å². The highest BCUT2D eigenvalue weighted by molar-refractivity contribution is 5.50. The second-order valence-electron chi connectivity index (χ2n) is 4.89. The molecule has 0 N–H and O–H groups in total. The van der Waals surface area contributed by atoms with Crippen LogP contribution in [0.3, 0.4) is 0 Å². The first-order valence-corrected chi connectivity index (χ1v) is 7.51. The molecule has 1 aromatic rings. The summed E-state index contributed by atoms with van der Waals surface area (Å²) < 4.78 is 63.5. The fraction of sp³-hybridized carbons (Fsp3) is 0.625. The van der Waals surface area contributed by atoms with Gasteiger partial charge in [0.1, 0.15) is 11.5 Å². The van der Waals surface area contributed by atoms with Gasteiger partial charge in [0.05, 0.1) is 24.3 Å². The summed E-state index contributed by atoms with van der Waals surface area (Å²) in [5.41, 5.74) is -1.53. The van der Waals surface area contributed by atoms with Crippen LogP contribution in [0, 0.1) is 0 Å². The van der Waals surface area contributed by atoms with E-state index in [0.717, 1.165) is 12.8 Å². The number of rotatable bonds is 10. The van der Waals surface area contributed by atoms with Gasteiger partial charge in [-0.3, -0.25) is 0 Å². The largest absolute Gasteiger partial charge is 0.493 e. The van der Waals surface area contributed by atoms with E-state index in [4.69, 9.17) is 9.47 Å². The first-order valence-electron chi connectivity index (χ1n) is 7.51. The molecule has 0 aliphatic rings. The zero-order valence-electron chi connectivity index (χ0n) is 12.9. The Morgan fingerprint density at radius 2 is 1.14 bits per heavy atom. The Morgan fingerprint density at radius 1 is 0.773 bits per heavy atom. The molecule has 0 fully saturated rings. The molecule has 126 valence electrons. The molecule has 1 rings (SSSR count). The average molecular weight is 322 g/mol. The third-order valence-electron chi connectivity index (χ3n) is 3.15. The Balaban J connectivity index is 3.12. The summed E-state index contributed by atoms with van der Waals surface area (Å²) in [5, 5.41) is 0. The SMILES string of the molecule is CCCCOc1ccc(OCCCC)c(C(F)F)c1C(F)F. The predicted octanol–water partition coefficient (Wildman–Crippen LogP) is 5.92. The van der Waals surface area contributed by atoms with Gasteiger partial charge >= 0.3 is 0 Å². The molecule has 22 heavy (non-hydrogen) atoms. The molecule has 0 aliphatic carbocycles. The van der Waals surface area contributed by atoms with Crippen molar-refractivity contribution in [3.8, 4) is 11.5 Å². The third kappa shape index (κ3) is 5.07. The van der Waals surface area contributed by atoms with Crippen LogP contribution in [-0.4, -0.2) is 13.2 Å². The lowest BCUT2D eigenvalue weighted by atomic mass is 10.1. The Labute approximate surface area is 128 Å². The Hall–Kier alpha value is -1.46. The molecule has 0 heterocycles. The fourth-order valence-electron chi connectivity index (χ4n) is 1.95. The van der Waals surface area contributed by atoms with Crippen LogP contribution in [0.2, 0.25) is 0 Å². The normalized spacial score (nSPS) is 11.3. The van der Waals surface area contributed by atoms with E-state index in [9.17, 15) is 17.6 Å². The maximum absolute atomic E-state index is 13.3. The number of unbranched alkanes of at least 4 members (excludes halogenated alkanes) is 2. The van der Waals surface area contributed by atoms with Gasteiger partial charge in [0.25, 0.3) is 12.9 Å². The summed E-state index contributed by atoms with van der Waals surface area (Å²) >= 11 is 0. The van der Waals surface area contributed by atoms with Crippen molar-refractivity contribution in [2.24, 2.45) is 0 Å². The Kier molecular flexibility index (Phi) is 8.06. The molecule has 0 saturated heterocycles. The van der Waals surface area contributed by atoms with Crippen LogP contribution >= 0.6 is 0 Å². The van der Waals surface area contributed by atoms with Crippen molar-refractivity contribution in [1.29, 1.82) is 0 Å². The number of halogens is 4.